The summed E-state index contributed by atoms with van der Waals surface area (Å²) in [6.45, 7) is 6.39. The molecule has 1 unspecified atom stereocenters. The molecule has 0 saturated heterocycles. The Balaban J connectivity index is 4.32. The fourth-order valence-electron chi connectivity index (χ4n) is 9.14. The van der Waals surface area contributed by atoms with Gasteiger partial charge in [0.15, 0.2) is 6.10 Å². The number of esters is 3. The van der Waals surface area contributed by atoms with Gasteiger partial charge in [0.25, 0.3) is 0 Å². The molecule has 6 nitrogen and oxygen atoms in total. The Bertz CT molecular complexity index is 1720. The highest BCUT2D eigenvalue weighted by atomic mass is 16.6. The van der Waals surface area contributed by atoms with E-state index in [4.69, 9.17) is 14.2 Å². The number of rotatable bonds is 60. The van der Waals surface area contributed by atoms with Crippen LogP contribution in [0.25, 0.3) is 0 Å². The smallest absolute Gasteiger partial charge is 0.306 e. The van der Waals surface area contributed by atoms with Gasteiger partial charge in [0.2, 0.25) is 0 Å². The maximum atomic E-state index is 12.9. The van der Waals surface area contributed by atoms with Gasteiger partial charge in [0.1, 0.15) is 13.2 Å². The third-order valence-electron chi connectivity index (χ3n) is 14.1. The Labute approximate surface area is 500 Å². The second-order valence-corrected chi connectivity index (χ2v) is 22.0. The largest absolute Gasteiger partial charge is 0.462 e. The van der Waals surface area contributed by atoms with Gasteiger partial charge in [-0.3, -0.25) is 14.4 Å². The van der Waals surface area contributed by atoms with E-state index in [1.807, 2.05) is 0 Å². The molecule has 81 heavy (non-hydrogen) atoms. The van der Waals surface area contributed by atoms with Crippen LogP contribution >= 0.6 is 0 Å². The normalized spacial score (nSPS) is 13.0. The number of unbranched alkanes of at least 4 members (excludes halogenated alkanes) is 27. The van der Waals surface area contributed by atoms with Crippen LogP contribution < -0.4 is 0 Å². The summed E-state index contributed by atoms with van der Waals surface area (Å²) in [5, 5.41) is 0. The Morgan fingerprint density at radius 1 is 0.259 bits per heavy atom. The number of carbonyl (C=O) groups excluding carboxylic acids is 3. The molecular formula is C75H124O6. The van der Waals surface area contributed by atoms with Crippen LogP contribution in [-0.4, -0.2) is 37.2 Å². The number of hydrogen-bond donors (Lipinski definition) is 0. The van der Waals surface area contributed by atoms with Crippen molar-refractivity contribution in [3.8, 4) is 0 Å². The zero-order chi connectivity index (χ0) is 58.5. The van der Waals surface area contributed by atoms with E-state index < -0.39 is 6.10 Å². The quantitative estimate of drug-likeness (QED) is 0.0261. The van der Waals surface area contributed by atoms with Gasteiger partial charge < -0.3 is 14.2 Å². The Morgan fingerprint density at radius 3 is 0.765 bits per heavy atom. The van der Waals surface area contributed by atoms with Crippen molar-refractivity contribution < 1.29 is 28.6 Å². The minimum absolute atomic E-state index is 0.0936. The second kappa shape index (κ2) is 68.1. The maximum absolute atomic E-state index is 12.9. The third kappa shape index (κ3) is 66.2. The van der Waals surface area contributed by atoms with E-state index in [1.165, 1.54) is 122 Å². The van der Waals surface area contributed by atoms with Gasteiger partial charge >= 0.3 is 17.9 Å². The summed E-state index contributed by atoms with van der Waals surface area (Å²) in [5.74, 6) is -0.922. The van der Waals surface area contributed by atoms with E-state index >= 15 is 0 Å². The van der Waals surface area contributed by atoms with Crippen molar-refractivity contribution in [2.24, 2.45) is 0 Å². The summed E-state index contributed by atoms with van der Waals surface area (Å²) < 4.78 is 16.9. The highest BCUT2D eigenvalue weighted by molar-refractivity contribution is 5.71. The van der Waals surface area contributed by atoms with Crippen molar-refractivity contribution in [3.05, 3.63) is 134 Å². The van der Waals surface area contributed by atoms with Crippen molar-refractivity contribution in [1.29, 1.82) is 0 Å². The minimum Gasteiger partial charge on any atom is -0.462 e. The van der Waals surface area contributed by atoms with E-state index in [9.17, 15) is 14.4 Å². The molecule has 0 aliphatic carbocycles. The number of ether oxygens (including phenoxy) is 3. The molecule has 0 fully saturated rings. The highest BCUT2D eigenvalue weighted by Crippen LogP contribution is 2.16. The molecule has 6 heteroatoms. The average Bonchev–Trinajstić information content (AvgIpc) is 3.47. The van der Waals surface area contributed by atoms with Gasteiger partial charge in [-0.25, -0.2) is 0 Å². The van der Waals surface area contributed by atoms with Crippen LogP contribution in [0.1, 0.15) is 303 Å². The molecule has 0 aromatic rings. The minimum atomic E-state index is -0.800. The fourth-order valence-corrected chi connectivity index (χ4v) is 9.14. The van der Waals surface area contributed by atoms with E-state index in [0.29, 0.717) is 19.3 Å². The van der Waals surface area contributed by atoms with E-state index in [1.54, 1.807) is 0 Å². The lowest BCUT2D eigenvalue weighted by Crippen LogP contribution is -2.30. The topological polar surface area (TPSA) is 78.9 Å². The number of allylic oxidation sites excluding steroid dienone is 22. The SMILES string of the molecule is CC/C=C\C/C=C\C/C=C\C/C=C\C/C=C\C/C=C\CCCCCCCCCCCCCCC(=O)OCC(COC(=O)CCCCCCC/C=C\CCCCCCCC)OC(=O)CCCCCC/C=C\C/C=C\C/C=C\C/C=C\CC. The highest BCUT2D eigenvalue weighted by Gasteiger charge is 2.19. The molecule has 0 spiro atoms. The predicted octanol–water partition coefficient (Wildman–Crippen LogP) is 23.3. The molecule has 1 atom stereocenters. The van der Waals surface area contributed by atoms with Crippen LogP contribution in [-0.2, 0) is 28.6 Å². The lowest BCUT2D eigenvalue weighted by Gasteiger charge is -2.18. The standard InChI is InChI=1S/C75H124O6/c1-4-7-10-13-16-19-22-25-28-30-31-32-33-34-35-36-37-38-39-40-41-42-43-45-47-50-53-56-59-62-65-68-74(77)80-71-72(70-79-73(76)67-64-61-58-55-52-49-46-27-24-21-18-15-12-9-6-3)81-75(78)69-66-63-60-57-54-51-48-44-29-26-23-20-17-14-11-8-5-2/h7-8,10-11,16-17,19-20,25-29,31-32,34-35,37-38,46,48,51,72H,4-6,9,12-15,18,21-24,30,33,36,39-45,47,49-50,52-71H2,1-3H3/b10-7-,11-8-,19-16-,20-17-,28-25-,29-26-,32-31-,35-34-,38-37-,46-27-,51-48-. The molecule has 0 aromatic heterocycles. The monoisotopic (exact) mass is 1120 g/mol. The maximum Gasteiger partial charge on any atom is 0.306 e. The van der Waals surface area contributed by atoms with Crippen molar-refractivity contribution >= 4 is 17.9 Å². The first-order valence-electron chi connectivity index (χ1n) is 33.7. The van der Waals surface area contributed by atoms with Crippen LogP contribution in [0.5, 0.6) is 0 Å². The summed E-state index contributed by atoms with van der Waals surface area (Å²) >= 11 is 0. The van der Waals surface area contributed by atoms with E-state index in [-0.39, 0.29) is 31.1 Å². The Morgan fingerprint density at radius 2 is 0.481 bits per heavy atom. The van der Waals surface area contributed by atoms with Gasteiger partial charge in [-0.05, 0) is 135 Å². The first kappa shape index (κ1) is 76.5. The molecule has 0 heterocycles. The summed E-state index contributed by atoms with van der Waals surface area (Å²) in [4.78, 5) is 38.4. The fraction of sp³-hybridized carbons (Fsp3) is 0.667. The lowest BCUT2D eigenvalue weighted by molar-refractivity contribution is -0.167. The molecule has 0 saturated carbocycles. The molecule has 0 bridgehead atoms. The number of carbonyl (C=O) groups is 3. The first-order valence-corrected chi connectivity index (χ1v) is 33.7. The van der Waals surface area contributed by atoms with Crippen molar-refractivity contribution in [2.75, 3.05) is 13.2 Å². The zero-order valence-corrected chi connectivity index (χ0v) is 52.8. The lowest BCUT2D eigenvalue weighted by atomic mass is 10.0. The molecule has 0 amide bonds. The van der Waals surface area contributed by atoms with Gasteiger partial charge in [0, 0.05) is 19.3 Å². The van der Waals surface area contributed by atoms with Gasteiger partial charge in [0.05, 0.1) is 0 Å². The Kier molecular flexibility index (Phi) is 64.3. The van der Waals surface area contributed by atoms with Crippen molar-refractivity contribution in [2.45, 2.75) is 309 Å². The van der Waals surface area contributed by atoms with Crippen LogP contribution in [0.4, 0.5) is 0 Å². The molecule has 0 aromatic carbocycles. The summed E-state index contributed by atoms with van der Waals surface area (Å²) in [6, 6.07) is 0. The zero-order valence-electron chi connectivity index (χ0n) is 52.8. The van der Waals surface area contributed by atoms with Crippen molar-refractivity contribution in [1.82, 2.24) is 0 Å². The van der Waals surface area contributed by atoms with Crippen LogP contribution in [0.2, 0.25) is 0 Å². The predicted molar refractivity (Wildman–Crippen MR) is 353 cm³/mol. The van der Waals surface area contributed by atoms with Crippen LogP contribution in [0.15, 0.2) is 134 Å². The van der Waals surface area contributed by atoms with Crippen molar-refractivity contribution in [3.63, 3.8) is 0 Å². The average molecular weight is 1120 g/mol. The second-order valence-electron chi connectivity index (χ2n) is 22.0. The Hall–Kier alpha value is -4.45. The molecular weight excluding hydrogens is 997 g/mol. The molecule has 0 radical (unpaired) electrons. The van der Waals surface area contributed by atoms with Gasteiger partial charge in [-0.1, -0.05) is 283 Å². The first-order chi connectivity index (χ1) is 40.0. The molecule has 0 rings (SSSR count). The summed E-state index contributed by atoms with van der Waals surface area (Å²) in [5.41, 5.74) is 0. The summed E-state index contributed by atoms with van der Waals surface area (Å²) in [6.07, 6.45) is 96.1. The van der Waals surface area contributed by atoms with Gasteiger partial charge in [-0.2, -0.15) is 0 Å². The third-order valence-corrected chi connectivity index (χ3v) is 14.1. The summed E-state index contributed by atoms with van der Waals surface area (Å²) in [7, 11) is 0. The van der Waals surface area contributed by atoms with E-state index in [0.717, 1.165) is 141 Å². The number of hydrogen-bond acceptors (Lipinski definition) is 6. The molecule has 0 aliphatic rings. The molecule has 0 aliphatic heterocycles. The van der Waals surface area contributed by atoms with Gasteiger partial charge in [-0.15, -0.1) is 0 Å². The molecule has 0 N–H and O–H groups in total. The van der Waals surface area contributed by atoms with E-state index in [2.05, 4.69) is 154 Å². The molecule has 460 valence electrons. The van der Waals surface area contributed by atoms with Crippen LogP contribution in [0, 0.1) is 0 Å². The van der Waals surface area contributed by atoms with Crippen LogP contribution in [0.3, 0.4) is 0 Å².